The van der Waals surface area contributed by atoms with E-state index in [0.717, 1.165) is 21.4 Å². The van der Waals surface area contributed by atoms with E-state index in [2.05, 4.69) is 40.1 Å². The molecule has 2 aromatic rings. The number of quaternary nitrogens is 1. The van der Waals surface area contributed by atoms with Crippen molar-refractivity contribution >= 4 is 0 Å². The maximum Gasteiger partial charge on any atom is 0.137 e. The summed E-state index contributed by atoms with van der Waals surface area (Å²) in [5.41, 5.74) is 2.17. The average Bonchev–Trinajstić information content (AvgIpc) is 2.53. The lowest BCUT2D eigenvalue weighted by atomic mass is 10.1. The average molecular weight is 314 g/mol. The molecule has 1 atom stereocenters. The predicted molar refractivity (Wildman–Crippen MR) is 95.5 cm³/mol. The Bertz CT molecular complexity index is 608. The van der Waals surface area contributed by atoms with Crippen molar-refractivity contribution in [2.45, 2.75) is 26.0 Å². The third kappa shape index (κ3) is 4.81. The van der Waals surface area contributed by atoms with Crippen LogP contribution in [-0.4, -0.2) is 49.0 Å². The lowest BCUT2D eigenvalue weighted by molar-refractivity contribution is -0.914. The molecule has 0 bridgehead atoms. The molecule has 0 aliphatic carbocycles. The van der Waals surface area contributed by atoms with Crippen LogP contribution in [-0.2, 0) is 0 Å². The topological polar surface area (TPSA) is 29.5 Å². The van der Waals surface area contributed by atoms with Gasteiger partial charge in [0.25, 0.3) is 0 Å². The minimum atomic E-state index is -0.490. The van der Waals surface area contributed by atoms with Crippen molar-refractivity contribution in [3.63, 3.8) is 0 Å². The lowest BCUT2D eigenvalue weighted by Crippen LogP contribution is -2.51. The number of nitrogens with zero attached hydrogens (tertiary/aromatic N) is 1. The Morgan fingerprint density at radius 3 is 2.22 bits per heavy atom. The van der Waals surface area contributed by atoms with Gasteiger partial charge in [-0.05, 0) is 25.5 Å². The fourth-order valence-corrected chi connectivity index (χ4v) is 2.44. The number of likely N-dealkylation sites (N-methyl/N-ethyl adjacent to an activating group) is 1. The summed E-state index contributed by atoms with van der Waals surface area (Å²) < 4.78 is 6.69. The highest BCUT2D eigenvalue weighted by atomic mass is 16.5. The van der Waals surface area contributed by atoms with Gasteiger partial charge in [-0.25, -0.2) is 0 Å². The molecule has 23 heavy (non-hydrogen) atoms. The van der Waals surface area contributed by atoms with Crippen LogP contribution in [0.2, 0.25) is 0 Å². The minimum Gasteiger partial charge on any atom is -0.490 e. The summed E-state index contributed by atoms with van der Waals surface area (Å²) in [4.78, 5) is 0. The normalized spacial score (nSPS) is 13.1. The summed E-state index contributed by atoms with van der Waals surface area (Å²) in [6.07, 6.45) is -0.490. The van der Waals surface area contributed by atoms with Gasteiger partial charge in [0.1, 0.15) is 25.0 Å². The second-order valence-corrected chi connectivity index (χ2v) is 6.88. The molecular formula is C20H28NO2+. The van der Waals surface area contributed by atoms with Crippen LogP contribution in [0, 0.1) is 0 Å². The van der Waals surface area contributed by atoms with E-state index >= 15 is 0 Å². The zero-order valence-electron chi connectivity index (χ0n) is 14.6. The molecule has 0 aromatic heterocycles. The van der Waals surface area contributed by atoms with E-state index in [1.807, 2.05) is 42.5 Å². The zero-order valence-corrected chi connectivity index (χ0v) is 14.6. The van der Waals surface area contributed by atoms with Gasteiger partial charge in [-0.15, -0.1) is 0 Å². The summed E-state index contributed by atoms with van der Waals surface area (Å²) in [7, 11) is 4.26. The summed E-state index contributed by atoms with van der Waals surface area (Å²) in [6, 6.07) is 18.6. The molecule has 0 saturated heterocycles. The maximum atomic E-state index is 10.3. The molecule has 0 amide bonds. The highest BCUT2D eigenvalue weighted by Crippen LogP contribution is 2.29. The lowest BCUT2D eigenvalue weighted by Gasteiger charge is -2.35. The van der Waals surface area contributed by atoms with Crippen LogP contribution in [0.25, 0.3) is 11.1 Å². The van der Waals surface area contributed by atoms with Crippen LogP contribution in [0.15, 0.2) is 54.6 Å². The minimum absolute atomic E-state index is 0.304. The molecule has 3 heteroatoms. The fourth-order valence-electron chi connectivity index (χ4n) is 2.44. The first kappa shape index (κ1) is 17.5. The fraction of sp³-hybridized carbons (Fsp3) is 0.400. The molecule has 0 saturated carbocycles. The summed E-state index contributed by atoms with van der Waals surface area (Å²) >= 11 is 0. The molecule has 0 aliphatic rings. The van der Waals surface area contributed by atoms with Crippen molar-refractivity contribution in [1.82, 2.24) is 0 Å². The quantitative estimate of drug-likeness (QED) is 0.792. The Kier molecular flexibility index (Phi) is 5.80. The Balaban J connectivity index is 2.04. The van der Waals surface area contributed by atoms with E-state index in [1.165, 1.54) is 0 Å². The molecule has 0 aliphatic heterocycles. The summed E-state index contributed by atoms with van der Waals surface area (Å²) in [5, 5.41) is 10.3. The van der Waals surface area contributed by atoms with Crippen LogP contribution in [0.1, 0.15) is 13.8 Å². The molecule has 0 spiro atoms. The second-order valence-electron chi connectivity index (χ2n) is 6.88. The summed E-state index contributed by atoms with van der Waals surface area (Å²) in [6.45, 7) is 5.31. The molecule has 0 radical (unpaired) electrons. The van der Waals surface area contributed by atoms with E-state index in [-0.39, 0.29) is 0 Å². The molecule has 2 aromatic carbocycles. The maximum absolute atomic E-state index is 10.3. The Labute approximate surface area is 139 Å². The number of ether oxygens (including phenoxy) is 1. The number of hydrogen-bond acceptors (Lipinski definition) is 2. The SMILES string of the molecule is CC(C)[N+](C)(C)CC(O)COc1ccccc1-c1ccccc1. The van der Waals surface area contributed by atoms with Gasteiger partial charge in [0.05, 0.1) is 20.1 Å². The van der Waals surface area contributed by atoms with Gasteiger partial charge in [-0.3, -0.25) is 0 Å². The Morgan fingerprint density at radius 1 is 0.957 bits per heavy atom. The number of benzene rings is 2. The van der Waals surface area contributed by atoms with E-state index in [1.54, 1.807) is 0 Å². The van der Waals surface area contributed by atoms with Crippen LogP contribution >= 0.6 is 0 Å². The molecule has 2 rings (SSSR count). The molecular weight excluding hydrogens is 286 g/mol. The molecule has 124 valence electrons. The van der Waals surface area contributed by atoms with Crippen molar-refractivity contribution in [2.24, 2.45) is 0 Å². The second kappa shape index (κ2) is 7.62. The van der Waals surface area contributed by atoms with Gasteiger partial charge in [0.15, 0.2) is 0 Å². The molecule has 0 heterocycles. The number of para-hydroxylation sites is 1. The van der Waals surface area contributed by atoms with E-state index < -0.39 is 6.10 Å². The van der Waals surface area contributed by atoms with Gasteiger partial charge in [0.2, 0.25) is 0 Å². The van der Waals surface area contributed by atoms with Gasteiger partial charge in [0, 0.05) is 5.56 Å². The largest absolute Gasteiger partial charge is 0.490 e. The third-order valence-corrected chi connectivity index (χ3v) is 4.48. The first-order valence-electron chi connectivity index (χ1n) is 8.18. The van der Waals surface area contributed by atoms with Crippen LogP contribution in [0.5, 0.6) is 5.75 Å². The van der Waals surface area contributed by atoms with Crippen molar-refractivity contribution < 1.29 is 14.3 Å². The first-order chi connectivity index (χ1) is 10.9. The molecule has 1 unspecified atom stereocenters. The monoisotopic (exact) mass is 314 g/mol. The zero-order chi connectivity index (χ0) is 16.9. The smallest absolute Gasteiger partial charge is 0.137 e. The molecule has 0 fully saturated rings. The van der Waals surface area contributed by atoms with Gasteiger partial charge >= 0.3 is 0 Å². The highest BCUT2D eigenvalue weighted by molar-refractivity contribution is 5.70. The van der Waals surface area contributed by atoms with Crippen molar-refractivity contribution in [3.05, 3.63) is 54.6 Å². The third-order valence-electron chi connectivity index (χ3n) is 4.48. The Morgan fingerprint density at radius 2 is 1.57 bits per heavy atom. The van der Waals surface area contributed by atoms with Gasteiger partial charge in [-0.2, -0.15) is 0 Å². The van der Waals surface area contributed by atoms with Crippen LogP contribution in [0.3, 0.4) is 0 Å². The number of aliphatic hydroxyl groups excluding tert-OH is 1. The highest BCUT2D eigenvalue weighted by Gasteiger charge is 2.24. The number of aliphatic hydroxyl groups is 1. The molecule has 1 N–H and O–H groups in total. The molecule has 3 nitrogen and oxygen atoms in total. The van der Waals surface area contributed by atoms with Gasteiger partial charge in [-0.1, -0.05) is 48.5 Å². The van der Waals surface area contributed by atoms with Crippen molar-refractivity contribution in [3.8, 4) is 16.9 Å². The van der Waals surface area contributed by atoms with E-state index in [4.69, 9.17) is 4.74 Å². The number of rotatable bonds is 7. The number of hydrogen-bond donors (Lipinski definition) is 1. The standard InChI is InChI=1S/C20H28NO2/c1-16(2)21(3,4)14-18(22)15-23-20-13-9-8-12-19(20)17-10-6-5-7-11-17/h5-13,16,18,22H,14-15H2,1-4H3/q+1. The van der Waals surface area contributed by atoms with E-state index in [0.29, 0.717) is 19.2 Å². The Hall–Kier alpha value is -1.84. The predicted octanol–water partition coefficient (Wildman–Crippen LogP) is 3.58. The van der Waals surface area contributed by atoms with Crippen molar-refractivity contribution in [1.29, 1.82) is 0 Å². The summed E-state index contributed by atoms with van der Waals surface area (Å²) in [5.74, 6) is 0.813. The first-order valence-corrected chi connectivity index (χ1v) is 8.18. The van der Waals surface area contributed by atoms with Crippen LogP contribution < -0.4 is 4.74 Å². The van der Waals surface area contributed by atoms with E-state index in [9.17, 15) is 5.11 Å². The van der Waals surface area contributed by atoms with Crippen LogP contribution in [0.4, 0.5) is 0 Å². The van der Waals surface area contributed by atoms with Gasteiger partial charge < -0.3 is 14.3 Å². The van der Waals surface area contributed by atoms with Crippen molar-refractivity contribution in [2.75, 3.05) is 27.2 Å².